The van der Waals surface area contributed by atoms with E-state index in [-0.39, 0.29) is 0 Å². The highest BCUT2D eigenvalue weighted by Crippen LogP contribution is 2.20. The fraction of sp³-hybridized carbons (Fsp3) is 0. The molecule has 4 nitrogen and oxygen atoms in total. The van der Waals surface area contributed by atoms with E-state index < -0.39 is 7.12 Å². The molecule has 0 amide bonds. The van der Waals surface area contributed by atoms with Gasteiger partial charge in [-0.25, -0.2) is 4.98 Å². The smallest absolute Gasteiger partial charge is 0.423 e. The zero-order chi connectivity index (χ0) is 21.8. The molecule has 0 bridgehead atoms. The maximum atomic E-state index is 8.68. The molecule has 152 valence electrons. The first-order chi connectivity index (χ1) is 14.5. The molecule has 4 aromatic rings. The highest BCUT2D eigenvalue weighted by atomic mass is 79.9. The van der Waals surface area contributed by atoms with Crippen molar-refractivity contribution in [2.45, 2.75) is 0 Å². The Balaban J connectivity index is 0.000000168. The maximum absolute atomic E-state index is 8.68. The van der Waals surface area contributed by atoms with Crippen LogP contribution in [0.15, 0.2) is 111 Å². The number of nitrogens with zero attached hydrogens (tertiary/aromatic N) is 2. The number of benzene rings is 2. The normalized spacial score (nSPS) is 9.50. The average Bonchev–Trinajstić information content (AvgIpc) is 2.76. The molecule has 30 heavy (non-hydrogen) atoms. The molecule has 2 heterocycles. The van der Waals surface area contributed by atoms with Crippen LogP contribution in [0.2, 0.25) is 0 Å². The lowest BCUT2D eigenvalue weighted by molar-refractivity contribution is 0.426. The van der Waals surface area contributed by atoms with Crippen LogP contribution >= 0.6 is 47.8 Å². The molecule has 0 aliphatic carbocycles. The third kappa shape index (κ3) is 9.32. The van der Waals surface area contributed by atoms with E-state index in [0.29, 0.717) is 5.46 Å². The van der Waals surface area contributed by atoms with E-state index in [1.807, 2.05) is 60.7 Å². The summed E-state index contributed by atoms with van der Waals surface area (Å²) in [7, 11) is -1.38. The molecule has 2 N–H and O–H groups in total. The summed E-state index contributed by atoms with van der Waals surface area (Å²) in [5.74, 6) is 0. The third-order valence-electron chi connectivity index (χ3n) is 3.56. The fourth-order valence-electron chi connectivity index (χ4n) is 2.19. The van der Waals surface area contributed by atoms with Gasteiger partial charge in [0.05, 0.1) is 5.69 Å². The van der Waals surface area contributed by atoms with Gasteiger partial charge in [0.2, 0.25) is 0 Å². The van der Waals surface area contributed by atoms with Crippen LogP contribution in [-0.2, 0) is 0 Å². The quantitative estimate of drug-likeness (QED) is 0.239. The van der Waals surface area contributed by atoms with Crippen molar-refractivity contribution in [2.24, 2.45) is 0 Å². The van der Waals surface area contributed by atoms with E-state index in [4.69, 9.17) is 10.0 Å². The molecule has 0 fully saturated rings. The summed E-state index contributed by atoms with van der Waals surface area (Å²) in [4.78, 5) is 8.17. The van der Waals surface area contributed by atoms with Crippen molar-refractivity contribution in [3.05, 3.63) is 111 Å². The summed E-state index contributed by atoms with van der Waals surface area (Å²) in [6.07, 6.45) is 3.54. The Morgan fingerprint density at radius 1 is 0.633 bits per heavy atom. The first-order valence-corrected chi connectivity index (χ1v) is 11.2. The summed E-state index contributed by atoms with van der Waals surface area (Å²) in [6.45, 7) is 0. The van der Waals surface area contributed by atoms with E-state index in [2.05, 4.69) is 63.8 Å². The van der Waals surface area contributed by atoms with E-state index in [1.165, 1.54) is 0 Å². The van der Waals surface area contributed by atoms with Gasteiger partial charge in [-0.05, 0) is 69.9 Å². The number of hydrogen-bond acceptors (Lipinski definition) is 4. The van der Waals surface area contributed by atoms with Crippen LogP contribution in [0.3, 0.4) is 0 Å². The van der Waals surface area contributed by atoms with Gasteiger partial charge in [-0.15, -0.1) is 0 Å². The second-order valence-corrected chi connectivity index (χ2v) is 8.45. The molecule has 2 aromatic carbocycles. The van der Waals surface area contributed by atoms with Gasteiger partial charge in [0.25, 0.3) is 0 Å². The van der Waals surface area contributed by atoms with Gasteiger partial charge < -0.3 is 10.0 Å². The van der Waals surface area contributed by atoms with Crippen molar-refractivity contribution in [2.75, 3.05) is 0 Å². The lowest BCUT2D eigenvalue weighted by atomic mass is 9.81. The SMILES string of the molecule is Brc1cccc(-c2ccccn2)c1.Brc1ccccn1.OB(O)c1cccc(Br)c1. The zero-order valence-corrected chi connectivity index (χ0v) is 20.5. The average molecular weight is 593 g/mol. The second kappa shape index (κ2) is 13.5. The fourth-order valence-corrected chi connectivity index (χ4v) is 3.28. The monoisotopic (exact) mass is 590 g/mol. The Hall–Kier alpha value is -1.84. The lowest BCUT2D eigenvalue weighted by Crippen LogP contribution is -2.29. The number of halogens is 3. The van der Waals surface area contributed by atoms with Gasteiger partial charge in [-0.3, -0.25) is 4.98 Å². The summed E-state index contributed by atoms with van der Waals surface area (Å²) in [5.41, 5.74) is 2.63. The van der Waals surface area contributed by atoms with E-state index >= 15 is 0 Å². The van der Waals surface area contributed by atoms with Gasteiger partial charge in [-0.1, -0.05) is 68.3 Å². The van der Waals surface area contributed by atoms with Crippen molar-refractivity contribution < 1.29 is 10.0 Å². The lowest BCUT2D eigenvalue weighted by Gasteiger charge is -1.99. The molecule has 2 aromatic heterocycles. The van der Waals surface area contributed by atoms with Crippen LogP contribution in [0.4, 0.5) is 0 Å². The van der Waals surface area contributed by atoms with Crippen molar-refractivity contribution in [3.63, 3.8) is 0 Å². The second-order valence-electron chi connectivity index (χ2n) is 5.81. The molecule has 0 atom stereocenters. The predicted molar refractivity (Wildman–Crippen MR) is 133 cm³/mol. The summed E-state index contributed by atoms with van der Waals surface area (Å²) in [5, 5.41) is 17.4. The largest absolute Gasteiger partial charge is 0.488 e. The Morgan fingerprint density at radius 2 is 1.27 bits per heavy atom. The Morgan fingerprint density at radius 3 is 1.70 bits per heavy atom. The number of hydrogen-bond donors (Lipinski definition) is 2. The molecular formula is C22H18BBr3N2O2. The number of rotatable bonds is 2. The molecule has 0 spiro atoms. The topological polar surface area (TPSA) is 66.2 Å². The van der Waals surface area contributed by atoms with E-state index in [0.717, 1.165) is 24.8 Å². The van der Waals surface area contributed by atoms with Gasteiger partial charge in [0, 0.05) is 26.9 Å². The molecule has 4 rings (SSSR count). The van der Waals surface area contributed by atoms with Crippen LogP contribution in [0.5, 0.6) is 0 Å². The van der Waals surface area contributed by atoms with Crippen LogP contribution in [0.25, 0.3) is 11.3 Å². The summed E-state index contributed by atoms with van der Waals surface area (Å²) in [6, 6.07) is 26.6. The highest BCUT2D eigenvalue weighted by molar-refractivity contribution is 9.11. The predicted octanol–water partition coefficient (Wildman–Crippen LogP) is 5.48. The maximum Gasteiger partial charge on any atom is 0.488 e. The van der Waals surface area contributed by atoms with Gasteiger partial charge in [-0.2, -0.15) is 0 Å². The van der Waals surface area contributed by atoms with Crippen LogP contribution in [0, 0.1) is 0 Å². The number of aromatic nitrogens is 2. The van der Waals surface area contributed by atoms with Crippen LogP contribution in [-0.4, -0.2) is 27.1 Å². The first kappa shape index (κ1) is 24.4. The minimum Gasteiger partial charge on any atom is -0.423 e. The van der Waals surface area contributed by atoms with Gasteiger partial charge in [0.15, 0.2) is 0 Å². The molecule has 0 aliphatic heterocycles. The minimum atomic E-state index is -1.38. The zero-order valence-electron chi connectivity index (χ0n) is 15.7. The highest BCUT2D eigenvalue weighted by Gasteiger charge is 2.09. The van der Waals surface area contributed by atoms with Gasteiger partial charge in [0.1, 0.15) is 4.60 Å². The first-order valence-electron chi connectivity index (χ1n) is 8.81. The molecule has 0 radical (unpaired) electrons. The molecule has 0 saturated carbocycles. The van der Waals surface area contributed by atoms with Crippen molar-refractivity contribution in [3.8, 4) is 11.3 Å². The molecule has 0 aliphatic rings. The van der Waals surface area contributed by atoms with Crippen molar-refractivity contribution >= 4 is 60.4 Å². The Labute approximate surface area is 201 Å². The Kier molecular flexibility index (Phi) is 11.0. The standard InChI is InChI=1S/C11H8BrN.C6H6BBrO2.C5H4BrN/c12-10-5-3-4-9(8-10)11-6-1-2-7-13-11;8-6-3-1-2-5(4-6)7(9)10;6-5-3-1-2-4-7-5/h1-8H;1-4,9-10H;1-4H. The molecule has 8 heteroatoms. The molecular weight excluding hydrogens is 575 g/mol. The van der Waals surface area contributed by atoms with Crippen molar-refractivity contribution in [1.29, 1.82) is 0 Å². The van der Waals surface area contributed by atoms with E-state index in [1.54, 1.807) is 30.6 Å². The summed E-state index contributed by atoms with van der Waals surface area (Å²) >= 11 is 9.84. The Bertz CT molecular complexity index is 1020. The van der Waals surface area contributed by atoms with Gasteiger partial charge >= 0.3 is 7.12 Å². The van der Waals surface area contributed by atoms with Crippen LogP contribution < -0.4 is 5.46 Å². The minimum absolute atomic E-state index is 0.495. The molecule has 0 unspecified atom stereocenters. The van der Waals surface area contributed by atoms with Crippen molar-refractivity contribution in [1.82, 2.24) is 9.97 Å². The summed E-state index contributed by atoms with van der Waals surface area (Å²) < 4.78 is 2.81. The number of pyridine rings is 2. The van der Waals surface area contributed by atoms with Crippen LogP contribution in [0.1, 0.15) is 0 Å². The van der Waals surface area contributed by atoms with E-state index in [9.17, 15) is 0 Å². The third-order valence-corrected chi connectivity index (χ3v) is 5.02. The molecule has 0 saturated heterocycles.